The van der Waals surface area contributed by atoms with E-state index in [0.717, 1.165) is 16.6 Å². The molecule has 0 unspecified atom stereocenters. The number of nitro groups is 1. The lowest BCUT2D eigenvalue weighted by atomic mass is 10.2. The maximum atomic E-state index is 13.3. The van der Waals surface area contributed by atoms with Crippen molar-refractivity contribution >= 4 is 21.6 Å². The normalized spacial score (nSPS) is 9.95. The Hall–Kier alpha value is -2.46. The van der Waals surface area contributed by atoms with E-state index < -0.39 is 10.7 Å². The molecule has 0 spiro atoms. The number of hydrogen-bond donors (Lipinski definition) is 0. The van der Waals surface area contributed by atoms with Crippen LogP contribution in [0.5, 0.6) is 5.75 Å². The molecule has 0 aliphatic rings. The van der Waals surface area contributed by atoms with Crippen LogP contribution in [0.3, 0.4) is 0 Å². The van der Waals surface area contributed by atoms with Crippen molar-refractivity contribution in [1.29, 1.82) is 5.26 Å². The maximum Gasteiger partial charge on any atom is 0.272 e. The summed E-state index contributed by atoms with van der Waals surface area (Å²) in [6, 6.07) is 10.1. The Bertz CT molecular complexity index is 743. The average molecular weight is 351 g/mol. The van der Waals surface area contributed by atoms with Gasteiger partial charge in [0.05, 0.1) is 16.6 Å². The molecule has 0 aliphatic heterocycles. The van der Waals surface area contributed by atoms with E-state index >= 15 is 0 Å². The molecule has 0 fully saturated rings. The Morgan fingerprint density at radius 1 is 1.33 bits per heavy atom. The molecule has 0 saturated carbocycles. The summed E-state index contributed by atoms with van der Waals surface area (Å²) in [6.07, 6.45) is 0. The van der Waals surface area contributed by atoms with Crippen molar-refractivity contribution in [2.75, 3.05) is 0 Å². The van der Waals surface area contributed by atoms with Crippen LogP contribution in [-0.4, -0.2) is 4.92 Å². The summed E-state index contributed by atoms with van der Waals surface area (Å²) in [5.74, 6) is -0.383. The number of non-ortho nitro benzene ring substituents is 1. The first-order chi connectivity index (χ1) is 9.99. The number of nitriles is 1. The van der Waals surface area contributed by atoms with Gasteiger partial charge in [-0.1, -0.05) is 15.9 Å². The molecular formula is C14H8BrFN2O3. The number of halogens is 2. The molecule has 106 valence electrons. The lowest BCUT2D eigenvalue weighted by molar-refractivity contribution is -0.385. The highest BCUT2D eigenvalue weighted by Gasteiger charge is 2.11. The van der Waals surface area contributed by atoms with Gasteiger partial charge in [0.15, 0.2) is 0 Å². The fourth-order valence-electron chi connectivity index (χ4n) is 1.70. The van der Waals surface area contributed by atoms with Crippen molar-refractivity contribution in [3.05, 3.63) is 67.9 Å². The van der Waals surface area contributed by atoms with Gasteiger partial charge in [-0.2, -0.15) is 5.26 Å². The van der Waals surface area contributed by atoms with Gasteiger partial charge in [0.1, 0.15) is 24.2 Å². The van der Waals surface area contributed by atoms with Crippen LogP contribution in [0.25, 0.3) is 0 Å². The number of nitrogens with zero attached hydrogens (tertiary/aromatic N) is 2. The molecule has 0 heterocycles. The third-order valence-corrected chi connectivity index (χ3v) is 3.10. The predicted octanol–water partition coefficient (Wildman–Crippen LogP) is 3.95. The molecule has 0 atom stereocenters. The summed E-state index contributed by atoms with van der Waals surface area (Å²) < 4.78 is 19.4. The smallest absolute Gasteiger partial charge is 0.272 e. The molecule has 0 aliphatic carbocycles. The zero-order valence-corrected chi connectivity index (χ0v) is 12.1. The van der Waals surface area contributed by atoms with Crippen molar-refractivity contribution in [2.45, 2.75) is 6.61 Å². The molecule has 21 heavy (non-hydrogen) atoms. The average Bonchev–Trinajstić information content (AvgIpc) is 2.45. The van der Waals surface area contributed by atoms with E-state index in [1.54, 1.807) is 18.2 Å². The molecular weight excluding hydrogens is 343 g/mol. The second-order valence-corrected chi connectivity index (χ2v) is 5.03. The molecule has 0 amide bonds. The number of benzene rings is 2. The van der Waals surface area contributed by atoms with E-state index in [2.05, 4.69) is 15.9 Å². The van der Waals surface area contributed by atoms with Crippen LogP contribution in [-0.2, 0) is 6.61 Å². The van der Waals surface area contributed by atoms with Crippen molar-refractivity contribution in [2.24, 2.45) is 0 Å². The van der Waals surface area contributed by atoms with Gasteiger partial charge >= 0.3 is 0 Å². The maximum absolute atomic E-state index is 13.3. The van der Waals surface area contributed by atoms with Gasteiger partial charge in [0.2, 0.25) is 0 Å². The first-order valence-corrected chi connectivity index (χ1v) is 6.55. The van der Waals surface area contributed by atoms with Gasteiger partial charge in [0.25, 0.3) is 5.69 Å². The first-order valence-electron chi connectivity index (χ1n) is 5.76. The van der Waals surface area contributed by atoms with E-state index in [-0.39, 0.29) is 12.3 Å². The number of nitro benzene ring substituents is 1. The number of rotatable bonds is 4. The van der Waals surface area contributed by atoms with Gasteiger partial charge in [0, 0.05) is 10.5 Å². The highest BCUT2D eigenvalue weighted by molar-refractivity contribution is 9.10. The Morgan fingerprint density at radius 2 is 2.10 bits per heavy atom. The van der Waals surface area contributed by atoms with Crippen molar-refractivity contribution < 1.29 is 14.1 Å². The Kier molecular flexibility index (Phi) is 4.50. The molecule has 0 radical (unpaired) electrons. The highest BCUT2D eigenvalue weighted by atomic mass is 79.9. The van der Waals surface area contributed by atoms with E-state index in [1.165, 1.54) is 6.07 Å². The molecule has 5 nitrogen and oxygen atoms in total. The zero-order valence-electron chi connectivity index (χ0n) is 10.5. The van der Waals surface area contributed by atoms with Crippen molar-refractivity contribution in [3.63, 3.8) is 0 Å². The van der Waals surface area contributed by atoms with Crippen LogP contribution in [0.15, 0.2) is 40.9 Å². The summed E-state index contributed by atoms with van der Waals surface area (Å²) in [4.78, 5) is 9.99. The molecule has 2 rings (SSSR count). The minimum Gasteiger partial charge on any atom is -0.488 e. The molecule has 2 aromatic carbocycles. The standard InChI is InChI=1S/C14H8BrFN2O3/c15-11-1-2-14(10(5-11)7-17)21-8-9-3-12(16)6-13(4-9)18(19)20/h1-6H,8H2. The third kappa shape index (κ3) is 3.77. The minimum absolute atomic E-state index is 0.0745. The van der Waals surface area contributed by atoms with Crippen LogP contribution in [0.2, 0.25) is 0 Å². The molecule has 0 saturated heterocycles. The lowest BCUT2D eigenvalue weighted by Crippen LogP contribution is -1.99. The Morgan fingerprint density at radius 3 is 2.76 bits per heavy atom. The summed E-state index contributed by atoms with van der Waals surface area (Å²) in [6.45, 7) is -0.0745. The molecule has 7 heteroatoms. The Labute approximate surface area is 127 Å². The van der Waals surface area contributed by atoms with E-state index in [4.69, 9.17) is 10.00 Å². The SMILES string of the molecule is N#Cc1cc(Br)ccc1OCc1cc(F)cc([N+](=O)[O-])c1. The van der Waals surface area contributed by atoms with E-state index in [0.29, 0.717) is 16.9 Å². The lowest BCUT2D eigenvalue weighted by Gasteiger charge is -2.08. The fourth-order valence-corrected chi connectivity index (χ4v) is 2.06. The van der Waals surface area contributed by atoms with Gasteiger partial charge in [-0.3, -0.25) is 10.1 Å². The third-order valence-electron chi connectivity index (χ3n) is 2.61. The second kappa shape index (κ2) is 6.33. The zero-order chi connectivity index (χ0) is 15.4. The predicted molar refractivity (Wildman–Crippen MR) is 76.2 cm³/mol. The summed E-state index contributed by atoms with van der Waals surface area (Å²) in [5.41, 5.74) is 0.286. The summed E-state index contributed by atoms with van der Waals surface area (Å²) >= 11 is 3.24. The minimum atomic E-state index is -0.709. The quantitative estimate of drug-likeness (QED) is 0.617. The monoisotopic (exact) mass is 350 g/mol. The van der Waals surface area contributed by atoms with E-state index in [9.17, 15) is 14.5 Å². The van der Waals surface area contributed by atoms with Crippen LogP contribution in [0, 0.1) is 27.3 Å². The van der Waals surface area contributed by atoms with Crippen molar-refractivity contribution in [1.82, 2.24) is 0 Å². The molecule has 0 aromatic heterocycles. The largest absolute Gasteiger partial charge is 0.488 e. The van der Waals surface area contributed by atoms with Crippen LogP contribution >= 0.6 is 15.9 Å². The first kappa shape index (κ1) is 14.9. The van der Waals surface area contributed by atoms with Gasteiger partial charge in [-0.25, -0.2) is 4.39 Å². The molecule has 0 bridgehead atoms. The molecule has 0 N–H and O–H groups in total. The summed E-state index contributed by atoms with van der Waals surface area (Å²) in [5, 5.41) is 19.7. The topological polar surface area (TPSA) is 76.2 Å². The number of hydrogen-bond acceptors (Lipinski definition) is 4. The second-order valence-electron chi connectivity index (χ2n) is 4.12. The van der Waals surface area contributed by atoms with Crippen molar-refractivity contribution in [3.8, 4) is 11.8 Å². The molecule has 2 aromatic rings. The van der Waals surface area contributed by atoms with Gasteiger partial charge in [-0.05, 0) is 29.8 Å². The van der Waals surface area contributed by atoms with Crippen LogP contribution in [0.4, 0.5) is 10.1 Å². The number of ether oxygens (including phenoxy) is 1. The van der Waals surface area contributed by atoms with Crippen LogP contribution < -0.4 is 4.74 Å². The Balaban J connectivity index is 2.21. The van der Waals surface area contributed by atoms with Gasteiger partial charge in [-0.15, -0.1) is 0 Å². The van der Waals surface area contributed by atoms with Gasteiger partial charge < -0.3 is 4.74 Å². The fraction of sp³-hybridized carbons (Fsp3) is 0.0714. The van der Waals surface area contributed by atoms with E-state index in [1.807, 2.05) is 6.07 Å². The highest BCUT2D eigenvalue weighted by Crippen LogP contribution is 2.24. The summed E-state index contributed by atoms with van der Waals surface area (Å²) in [7, 11) is 0. The van der Waals surface area contributed by atoms with Crippen LogP contribution in [0.1, 0.15) is 11.1 Å².